The molecule has 2 rings (SSSR count). The van der Waals surface area contributed by atoms with Crippen LogP contribution in [0.2, 0.25) is 0 Å². The summed E-state index contributed by atoms with van der Waals surface area (Å²) in [5.74, 6) is -0.434. The molecule has 1 saturated heterocycles. The summed E-state index contributed by atoms with van der Waals surface area (Å²) in [7, 11) is -3.52. The van der Waals surface area contributed by atoms with E-state index in [2.05, 4.69) is 5.32 Å². The van der Waals surface area contributed by atoms with Crippen LogP contribution in [-0.4, -0.2) is 37.9 Å². The Morgan fingerprint density at radius 1 is 1.16 bits per heavy atom. The lowest BCUT2D eigenvalue weighted by atomic mass is 10.2. The molecule has 2 atom stereocenters. The van der Waals surface area contributed by atoms with Crippen LogP contribution in [-0.2, 0) is 10.0 Å². The zero-order chi connectivity index (χ0) is 13.3. The van der Waals surface area contributed by atoms with Gasteiger partial charge in [0.25, 0.3) is 0 Å². The molecule has 1 fully saturated rings. The maximum atomic E-state index is 12.8. The minimum absolute atomic E-state index is 0. The average Bonchev–Trinajstić information content (AvgIpc) is 2.28. The summed E-state index contributed by atoms with van der Waals surface area (Å²) in [6.07, 6.45) is 0. The van der Waals surface area contributed by atoms with Gasteiger partial charge in [0.05, 0.1) is 4.90 Å². The molecule has 0 amide bonds. The van der Waals surface area contributed by atoms with Gasteiger partial charge in [-0.25, -0.2) is 12.8 Å². The second-order valence-electron chi connectivity index (χ2n) is 4.74. The molecule has 4 nitrogen and oxygen atoms in total. The Morgan fingerprint density at radius 3 is 2.11 bits per heavy atom. The van der Waals surface area contributed by atoms with Crippen molar-refractivity contribution in [1.29, 1.82) is 0 Å². The highest BCUT2D eigenvalue weighted by atomic mass is 35.5. The topological polar surface area (TPSA) is 49.4 Å². The van der Waals surface area contributed by atoms with Crippen LogP contribution in [0, 0.1) is 5.82 Å². The average molecular weight is 309 g/mol. The van der Waals surface area contributed by atoms with Gasteiger partial charge in [0.2, 0.25) is 10.0 Å². The van der Waals surface area contributed by atoms with Crippen LogP contribution in [0.5, 0.6) is 0 Å². The maximum Gasteiger partial charge on any atom is 0.243 e. The smallest absolute Gasteiger partial charge is 0.243 e. The predicted molar refractivity (Wildman–Crippen MR) is 74.5 cm³/mol. The lowest BCUT2D eigenvalue weighted by Crippen LogP contribution is -2.55. The second-order valence-corrected chi connectivity index (χ2v) is 6.68. The Morgan fingerprint density at radius 2 is 1.63 bits per heavy atom. The van der Waals surface area contributed by atoms with Crippen molar-refractivity contribution in [2.45, 2.75) is 30.8 Å². The Bertz CT molecular complexity index is 511. The molecule has 0 radical (unpaired) electrons. The first-order valence-electron chi connectivity index (χ1n) is 5.91. The summed E-state index contributed by atoms with van der Waals surface area (Å²) in [5.41, 5.74) is 0. The minimum Gasteiger partial charge on any atom is -0.309 e. The lowest BCUT2D eigenvalue weighted by molar-refractivity contribution is 0.263. The van der Waals surface area contributed by atoms with Crippen LogP contribution in [0.3, 0.4) is 0 Å². The van der Waals surface area contributed by atoms with E-state index < -0.39 is 15.8 Å². The fourth-order valence-corrected chi connectivity index (χ4v) is 3.85. The van der Waals surface area contributed by atoms with Crippen LogP contribution in [0.4, 0.5) is 4.39 Å². The first-order valence-corrected chi connectivity index (χ1v) is 7.35. The molecule has 1 heterocycles. The molecular weight excluding hydrogens is 291 g/mol. The quantitative estimate of drug-likeness (QED) is 0.903. The third kappa shape index (κ3) is 3.66. The molecule has 1 N–H and O–H groups in total. The predicted octanol–water partition coefficient (Wildman–Crippen LogP) is 1.62. The second kappa shape index (κ2) is 6.17. The largest absolute Gasteiger partial charge is 0.309 e. The van der Waals surface area contributed by atoms with Crippen LogP contribution in [0.1, 0.15) is 13.8 Å². The molecule has 19 heavy (non-hydrogen) atoms. The first kappa shape index (κ1) is 16.4. The standard InChI is InChI=1S/C12H17FN2O2S.ClH/c1-9-7-15(8-10(2)14-9)18(16,17)12-5-3-11(13)4-6-12;/h3-6,9-10,14H,7-8H2,1-2H3;1H. The van der Waals surface area contributed by atoms with Crippen molar-refractivity contribution in [3.63, 3.8) is 0 Å². The van der Waals surface area contributed by atoms with Gasteiger partial charge in [-0.2, -0.15) is 4.31 Å². The summed E-state index contributed by atoms with van der Waals surface area (Å²) in [5, 5.41) is 3.28. The van der Waals surface area contributed by atoms with Crippen LogP contribution in [0.15, 0.2) is 29.2 Å². The molecule has 7 heteroatoms. The number of hydrogen-bond donors (Lipinski definition) is 1. The van der Waals surface area contributed by atoms with Crippen molar-refractivity contribution in [2.24, 2.45) is 0 Å². The van der Waals surface area contributed by atoms with E-state index in [0.29, 0.717) is 13.1 Å². The summed E-state index contributed by atoms with van der Waals surface area (Å²) < 4.78 is 39.0. The van der Waals surface area contributed by atoms with Gasteiger partial charge in [0.15, 0.2) is 0 Å². The Kier molecular flexibility index (Phi) is 5.32. The summed E-state index contributed by atoms with van der Waals surface area (Å²) in [6, 6.07) is 5.18. The highest BCUT2D eigenvalue weighted by Crippen LogP contribution is 2.18. The van der Waals surface area contributed by atoms with Gasteiger partial charge >= 0.3 is 0 Å². The fourth-order valence-electron chi connectivity index (χ4n) is 2.23. The molecule has 1 aliphatic heterocycles. The van der Waals surface area contributed by atoms with Gasteiger partial charge in [-0.1, -0.05) is 0 Å². The highest BCUT2D eigenvalue weighted by molar-refractivity contribution is 7.89. The van der Waals surface area contributed by atoms with Crippen molar-refractivity contribution in [2.75, 3.05) is 13.1 Å². The van der Waals surface area contributed by atoms with E-state index in [1.807, 2.05) is 13.8 Å². The third-order valence-electron chi connectivity index (χ3n) is 2.98. The molecule has 0 aromatic heterocycles. The lowest BCUT2D eigenvalue weighted by Gasteiger charge is -2.35. The van der Waals surface area contributed by atoms with E-state index in [0.717, 1.165) is 0 Å². The van der Waals surface area contributed by atoms with Crippen molar-refractivity contribution in [3.8, 4) is 0 Å². The fraction of sp³-hybridized carbons (Fsp3) is 0.500. The Hall–Kier alpha value is -0.690. The van der Waals surface area contributed by atoms with E-state index >= 15 is 0 Å². The number of nitrogens with one attached hydrogen (secondary N) is 1. The molecule has 1 aromatic carbocycles. The molecule has 0 bridgehead atoms. The normalized spacial score (nSPS) is 24.8. The number of sulfonamides is 1. The van der Waals surface area contributed by atoms with Crippen molar-refractivity contribution in [1.82, 2.24) is 9.62 Å². The summed E-state index contributed by atoms with van der Waals surface area (Å²) >= 11 is 0. The Labute approximate surface area is 119 Å². The molecule has 0 aliphatic carbocycles. The number of hydrogen-bond acceptors (Lipinski definition) is 3. The van der Waals surface area contributed by atoms with E-state index in [1.165, 1.54) is 28.6 Å². The SMILES string of the molecule is CC1CN(S(=O)(=O)c2ccc(F)cc2)CC(C)N1.Cl. The number of nitrogens with zero attached hydrogens (tertiary/aromatic N) is 1. The minimum atomic E-state index is -3.52. The molecule has 108 valence electrons. The van der Waals surface area contributed by atoms with Crippen LogP contribution >= 0.6 is 12.4 Å². The molecule has 2 unspecified atom stereocenters. The first-order chi connectivity index (χ1) is 8.39. The van der Waals surface area contributed by atoms with Crippen LogP contribution in [0.25, 0.3) is 0 Å². The maximum absolute atomic E-state index is 12.8. The Balaban J connectivity index is 0.00000180. The van der Waals surface area contributed by atoms with Gasteiger partial charge in [0, 0.05) is 25.2 Å². The van der Waals surface area contributed by atoms with Gasteiger partial charge in [0.1, 0.15) is 5.82 Å². The van der Waals surface area contributed by atoms with E-state index in [-0.39, 0.29) is 29.4 Å². The highest BCUT2D eigenvalue weighted by Gasteiger charge is 2.31. The third-order valence-corrected chi connectivity index (χ3v) is 4.82. The van der Waals surface area contributed by atoms with Crippen molar-refractivity contribution >= 4 is 22.4 Å². The monoisotopic (exact) mass is 308 g/mol. The number of halogens is 2. The van der Waals surface area contributed by atoms with Crippen LogP contribution < -0.4 is 5.32 Å². The van der Waals surface area contributed by atoms with Gasteiger partial charge < -0.3 is 5.32 Å². The van der Waals surface area contributed by atoms with Crippen molar-refractivity contribution in [3.05, 3.63) is 30.1 Å². The number of rotatable bonds is 2. The molecule has 1 aliphatic rings. The molecule has 1 aromatic rings. The van der Waals surface area contributed by atoms with Gasteiger partial charge in [-0.05, 0) is 38.1 Å². The van der Waals surface area contributed by atoms with Crippen molar-refractivity contribution < 1.29 is 12.8 Å². The summed E-state index contributed by atoms with van der Waals surface area (Å²) in [4.78, 5) is 0.144. The van der Waals surface area contributed by atoms with E-state index in [4.69, 9.17) is 0 Å². The van der Waals surface area contributed by atoms with E-state index in [9.17, 15) is 12.8 Å². The summed E-state index contributed by atoms with van der Waals surface area (Å²) in [6.45, 7) is 4.76. The van der Waals surface area contributed by atoms with Gasteiger partial charge in [-0.15, -0.1) is 12.4 Å². The van der Waals surface area contributed by atoms with Gasteiger partial charge in [-0.3, -0.25) is 0 Å². The number of piperazine rings is 1. The molecule has 0 saturated carbocycles. The zero-order valence-corrected chi connectivity index (χ0v) is 12.5. The van der Waals surface area contributed by atoms with E-state index in [1.54, 1.807) is 0 Å². The zero-order valence-electron chi connectivity index (χ0n) is 10.8. The molecule has 0 spiro atoms. The molecular formula is C12H18ClFN2O2S. The number of benzene rings is 1.